The van der Waals surface area contributed by atoms with Crippen LogP contribution in [0.5, 0.6) is 0 Å². The Morgan fingerprint density at radius 1 is 1.50 bits per heavy atom. The van der Waals surface area contributed by atoms with Crippen molar-refractivity contribution in [2.75, 3.05) is 0 Å². The Balaban J connectivity index is 2.14. The monoisotopic (exact) mass is 148 g/mol. The molecule has 0 aromatic heterocycles. The fraction of sp³-hybridized carbons (Fsp3) is 1.00. The van der Waals surface area contributed by atoms with Crippen LogP contribution in [0.3, 0.4) is 0 Å². The second-order valence-corrected chi connectivity index (χ2v) is 3.43. The number of aliphatic hydroxyl groups is 1. The Hall–Kier alpha value is -0.180. The van der Waals surface area contributed by atoms with Crippen molar-refractivity contribution in [3.63, 3.8) is 0 Å². The molecule has 0 spiro atoms. The Labute approximate surface area is 58.0 Å². The maximum Gasteiger partial charge on any atom is 0.267 e. The van der Waals surface area contributed by atoms with Gasteiger partial charge in [0.2, 0.25) is 0 Å². The van der Waals surface area contributed by atoms with E-state index in [0.29, 0.717) is 12.3 Å². The Bertz CT molecular complexity index is 160. The summed E-state index contributed by atoms with van der Waals surface area (Å²) in [4.78, 5) is 0. The Kier molecular flexibility index (Phi) is 1.11. The lowest BCUT2D eigenvalue weighted by Crippen LogP contribution is -2.37. The first-order valence-electron chi connectivity index (χ1n) is 3.65. The maximum atomic E-state index is 12.2. The van der Waals surface area contributed by atoms with Gasteiger partial charge in [0.15, 0.2) is 0 Å². The summed E-state index contributed by atoms with van der Waals surface area (Å²) in [6.45, 7) is 0. The number of alkyl halides is 2. The van der Waals surface area contributed by atoms with Crippen LogP contribution in [0, 0.1) is 11.8 Å². The Morgan fingerprint density at radius 3 is 2.40 bits per heavy atom. The third-order valence-corrected chi connectivity index (χ3v) is 2.86. The molecule has 3 heteroatoms. The summed E-state index contributed by atoms with van der Waals surface area (Å²) in [6.07, 6.45) is -0.614. The molecule has 3 unspecified atom stereocenters. The number of rotatable bonds is 1. The highest BCUT2D eigenvalue weighted by Gasteiger charge is 2.61. The molecule has 2 saturated carbocycles. The van der Waals surface area contributed by atoms with Crippen molar-refractivity contribution < 1.29 is 13.9 Å². The van der Waals surface area contributed by atoms with E-state index in [4.69, 9.17) is 0 Å². The average molecular weight is 148 g/mol. The quantitative estimate of drug-likeness (QED) is 0.596. The number of hydrogen-bond acceptors (Lipinski definition) is 1. The van der Waals surface area contributed by atoms with Gasteiger partial charge in [-0.25, -0.2) is 8.78 Å². The molecule has 3 atom stereocenters. The number of hydrogen-bond donors (Lipinski definition) is 1. The van der Waals surface area contributed by atoms with E-state index in [0.717, 1.165) is 12.8 Å². The highest BCUT2D eigenvalue weighted by atomic mass is 19.3. The first-order valence-corrected chi connectivity index (χ1v) is 3.65. The van der Waals surface area contributed by atoms with Gasteiger partial charge in [-0.15, -0.1) is 0 Å². The van der Waals surface area contributed by atoms with Crippen LogP contribution in [0.1, 0.15) is 19.3 Å². The molecule has 2 aliphatic carbocycles. The summed E-state index contributed by atoms with van der Waals surface area (Å²) >= 11 is 0. The summed E-state index contributed by atoms with van der Waals surface area (Å²) < 4.78 is 24.3. The summed E-state index contributed by atoms with van der Waals surface area (Å²) in [5.41, 5.74) is -1.61. The van der Waals surface area contributed by atoms with Gasteiger partial charge in [0.1, 0.15) is 5.60 Å². The van der Waals surface area contributed by atoms with Crippen LogP contribution < -0.4 is 0 Å². The van der Waals surface area contributed by atoms with Crippen LogP contribution in [0.15, 0.2) is 0 Å². The van der Waals surface area contributed by atoms with Gasteiger partial charge in [0, 0.05) is 0 Å². The predicted molar refractivity (Wildman–Crippen MR) is 31.8 cm³/mol. The van der Waals surface area contributed by atoms with E-state index in [2.05, 4.69) is 0 Å². The van der Waals surface area contributed by atoms with Crippen LogP contribution in [0.2, 0.25) is 0 Å². The molecule has 1 N–H and O–H groups in total. The van der Waals surface area contributed by atoms with Gasteiger partial charge in [-0.2, -0.15) is 0 Å². The lowest BCUT2D eigenvalue weighted by molar-refractivity contribution is -0.105. The van der Waals surface area contributed by atoms with Gasteiger partial charge >= 0.3 is 0 Å². The summed E-state index contributed by atoms with van der Waals surface area (Å²) in [5, 5.41) is 9.33. The topological polar surface area (TPSA) is 20.2 Å². The lowest BCUT2D eigenvalue weighted by atomic mass is 9.99. The molecule has 0 aliphatic heterocycles. The zero-order valence-electron chi connectivity index (χ0n) is 5.56. The molecule has 0 radical (unpaired) electrons. The normalized spacial score (nSPS) is 51.6. The van der Waals surface area contributed by atoms with Gasteiger partial charge < -0.3 is 5.11 Å². The van der Waals surface area contributed by atoms with Crippen molar-refractivity contribution in [1.82, 2.24) is 0 Å². The summed E-state index contributed by atoms with van der Waals surface area (Å²) in [7, 11) is 0. The minimum atomic E-state index is -2.54. The molecule has 1 nitrogen and oxygen atoms in total. The lowest BCUT2D eigenvalue weighted by Gasteiger charge is -2.22. The zero-order chi connectivity index (χ0) is 7.35. The van der Waals surface area contributed by atoms with Crippen molar-refractivity contribution in [2.24, 2.45) is 11.8 Å². The second-order valence-electron chi connectivity index (χ2n) is 3.43. The summed E-state index contributed by atoms with van der Waals surface area (Å²) in [5.74, 6) is 0.339. The molecular formula is C7H10F2O. The van der Waals surface area contributed by atoms with Crippen molar-refractivity contribution in [3.8, 4) is 0 Å². The molecule has 2 fully saturated rings. The van der Waals surface area contributed by atoms with Crippen LogP contribution >= 0.6 is 0 Å². The van der Waals surface area contributed by atoms with Gasteiger partial charge in [-0.3, -0.25) is 0 Å². The second kappa shape index (κ2) is 1.70. The van der Waals surface area contributed by atoms with Gasteiger partial charge in [0.25, 0.3) is 6.43 Å². The molecule has 0 amide bonds. The molecule has 0 aromatic carbocycles. The fourth-order valence-electron chi connectivity index (χ4n) is 2.05. The zero-order valence-corrected chi connectivity index (χ0v) is 5.56. The standard InChI is InChI=1S/C7H10F2O/c8-6(9)7(10)2-1-4-3-5(4)7/h4-6,10H,1-3H2. The van der Waals surface area contributed by atoms with E-state index < -0.39 is 12.0 Å². The molecule has 0 heterocycles. The van der Waals surface area contributed by atoms with E-state index in [1.165, 1.54) is 0 Å². The molecule has 58 valence electrons. The van der Waals surface area contributed by atoms with Crippen LogP contribution in [0.4, 0.5) is 8.78 Å². The highest BCUT2D eigenvalue weighted by Crippen LogP contribution is 2.59. The van der Waals surface area contributed by atoms with Crippen LogP contribution in [0.25, 0.3) is 0 Å². The van der Waals surface area contributed by atoms with E-state index >= 15 is 0 Å². The number of fused-ring (bicyclic) bond motifs is 1. The first-order chi connectivity index (χ1) is 4.64. The molecule has 0 saturated heterocycles. The smallest absolute Gasteiger partial charge is 0.267 e. The van der Waals surface area contributed by atoms with E-state index in [1.807, 2.05) is 0 Å². The SMILES string of the molecule is OC1(C(F)F)CCC2CC21. The average Bonchev–Trinajstić information content (AvgIpc) is 2.56. The van der Waals surface area contributed by atoms with Crippen molar-refractivity contribution in [1.29, 1.82) is 0 Å². The predicted octanol–water partition coefficient (Wildman–Crippen LogP) is 1.41. The van der Waals surface area contributed by atoms with Gasteiger partial charge in [0.05, 0.1) is 0 Å². The van der Waals surface area contributed by atoms with Gasteiger partial charge in [-0.1, -0.05) is 0 Å². The highest BCUT2D eigenvalue weighted by molar-refractivity contribution is 5.08. The first kappa shape index (κ1) is 6.53. The van der Waals surface area contributed by atoms with Gasteiger partial charge in [-0.05, 0) is 31.1 Å². The minimum Gasteiger partial charge on any atom is -0.384 e. The van der Waals surface area contributed by atoms with Crippen molar-refractivity contribution in [3.05, 3.63) is 0 Å². The maximum absolute atomic E-state index is 12.2. The molecule has 2 aliphatic rings. The third-order valence-electron chi connectivity index (χ3n) is 2.86. The van der Waals surface area contributed by atoms with Crippen molar-refractivity contribution >= 4 is 0 Å². The van der Waals surface area contributed by atoms with E-state index in [1.54, 1.807) is 0 Å². The van der Waals surface area contributed by atoms with E-state index in [9.17, 15) is 13.9 Å². The molecule has 0 aromatic rings. The molecular weight excluding hydrogens is 138 g/mol. The molecule has 0 bridgehead atoms. The molecule has 2 rings (SSSR count). The third kappa shape index (κ3) is 0.641. The van der Waals surface area contributed by atoms with Crippen LogP contribution in [-0.2, 0) is 0 Å². The Morgan fingerprint density at radius 2 is 2.20 bits per heavy atom. The minimum absolute atomic E-state index is 0.0764. The summed E-state index contributed by atoms with van der Waals surface area (Å²) in [6, 6.07) is 0. The largest absolute Gasteiger partial charge is 0.384 e. The van der Waals surface area contributed by atoms with Crippen molar-refractivity contribution in [2.45, 2.75) is 31.3 Å². The van der Waals surface area contributed by atoms with Crippen LogP contribution in [-0.4, -0.2) is 17.1 Å². The van der Waals surface area contributed by atoms with E-state index in [-0.39, 0.29) is 5.92 Å². The number of halogens is 2. The molecule has 10 heavy (non-hydrogen) atoms. The fourth-order valence-corrected chi connectivity index (χ4v) is 2.05.